The summed E-state index contributed by atoms with van der Waals surface area (Å²) >= 11 is 3.55. The van der Waals surface area contributed by atoms with Crippen molar-refractivity contribution in [3.63, 3.8) is 0 Å². The monoisotopic (exact) mass is 1250 g/mol. The van der Waals surface area contributed by atoms with Gasteiger partial charge in [0.1, 0.15) is 22.3 Å². The summed E-state index contributed by atoms with van der Waals surface area (Å²) in [5.41, 5.74) is 16.4. The van der Waals surface area contributed by atoms with Gasteiger partial charge in [0, 0.05) is 36.8 Å². The molecular weight excluding hydrogens is 1190 g/mol. The van der Waals surface area contributed by atoms with Gasteiger partial charge in [-0.25, -0.2) is 0 Å². The van der Waals surface area contributed by atoms with Crippen LogP contribution in [0.25, 0.3) is 164 Å². The largest absolute Gasteiger partial charge is 0.489 e. The molecule has 0 saturated heterocycles. The Labute approximate surface area is 541 Å². The lowest BCUT2D eigenvalue weighted by molar-refractivity contribution is 0.426. The average molecular weight is 1250 g/mol. The highest BCUT2D eigenvalue weighted by Gasteiger charge is 2.23. The second-order valence-electron chi connectivity index (χ2n) is 22.9. The number of halogens is 1. The lowest BCUT2D eigenvalue weighted by Crippen LogP contribution is -2.31. The van der Waals surface area contributed by atoms with Crippen molar-refractivity contribution in [2.75, 3.05) is 0 Å². The van der Waals surface area contributed by atoms with E-state index >= 15 is 0 Å². The molecule has 16 aromatic carbocycles. The summed E-state index contributed by atoms with van der Waals surface area (Å²) in [5.74, 6) is 0. The van der Waals surface area contributed by atoms with E-state index in [0.717, 1.165) is 86.4 Å². The number of rotatable bonds is 6. The maximum atomic E-state index is 9.94. The van der Waals surface area contributed by atoms with Crippen molar-refractivity contribution >= 4 is 137 Å². The molecule has 0 fully saturated rings. The minimum atomic E-state index is -1.50. The Morgan fingerprint density at radius 3 is 1.00 bits per heavy atom. The standard InChI is InChI=1S/C42H26O.C22H13BrO.C20H15BO2.C2H6/c1-2-12-28(13-3-1)40-33-17-6-8-19-35(33)41(36-20-9-7-18-34(36)40)31-15-10-14-29(25-31)30-22-24-39-38(26-30)37-23-21-27-11-4-5-16-32(27)42(37)43-39;23-17-6-3-5-15(12-17)16-9-11-21-20(13-16)19-10-8-14-4-1-2-7-18(14)22(19)24-21;22-21(23)20-17-12-6-4-10-15(17)19(14-8-2-1-3-9-14)16-11-5-7-13-18(16)20;1-2/h1-26H;1-13H;1-13,22-23H;1-2H3. The van der Waals surface area contributed by atoms with Crippen LogP contribution in [0, 0.1) is 0 Å². The van der Waals surface area contributed by atoms with E-state index in [-0.39, 0.29) is 0 Å². The van der Waals surface area contributed by atoms with Crippen molar-refractivity contribution in [1.82, 2.24) is 0 Å². The number of fused-ring (bicyclic) bond motifs is 14. The molecule has 2 N–H and O–H groups in total. The Hall–Kier alpha value is -10.9. The van der Waals surface area contributed by atoms with Gasteiger partial charge in [-0.05, 0) is 170 Å². The van der Waals surface area contributed by atoms with Crippen LogP contribution in [0.2, 0.25) is 0 Å². The van der Waals surface area contributed by atoms with Crippen molar-refractivity contribution in [1.29, 1.82) is 0 Å². The van der Waals surface area contributed by atoms with Crippen LogP contribution in [0.15, 0.2) is 329 Å². The fourth-order valence-electron chi connectivity index (χ4n) is 13.6. The molecule has 92 heavy (non-hydrogen) atoms. The third-order valence-corrected chi connectivity index (χ3v) is 18.1. The van der Waals surface area contributed by atoms with Crippen molar-refractivity contribution in [3.8, 4) is 55.6 Å². The Bertz CT molecular complexity index is 5680. The van der Waals surface area contributed by atoms with Crippen molar-refractivity contribution in [3.05, 3.63) is 320 Å². The van der Waals surface area contributed by atoms with Gasteiger partial charge in [-0.3, -0.25) is 0 Å². The van der Waals surface area contributed by atoms with Crippen LogP contribution >= 0.6 is 15.9 Å². The van der Waals surface area contributed by atoms with E-state index < -0.39 is 7.12 Å². The molecule has 0 bridgehead atoms. The minimum Gasteiger partial charge on any atom is -0.455 e. The molecule has 0 radical (unpaired) electrons. The highest BCUT2D eigenvalue weighted by molar-refractivity contribution is 9.10. The van der Waals surface area contributed by atoms with E-state index in [4.69, 9.17) is 8.83 Å². The molecule has 6 heteroatoms. The first kappa shape index (κ1) is 57.6. The fraction of sp³-hybridized carbons (Fsp3) is 0.0233. The summed E-state index contributed by atoms with van der Waals surface area (Å²) < 4.78 is 13.7. The molecule has 0 spiro atoms. The van der Waals surface area contributed by atoms with E-state index in [1.165, 1.54) is 82.2 Å². The van der Waals surface area contributed by atoms with Crippen molar-refractivity contribution in [2.45, 2.75) is 13.8 Å². The van der Waals surface area contributed by atoms with Crippen LogP contribution in [0.3, 0.4) is 0 Å². The van der Waals surface area contributed by atoms with E-state index in [2.05, 4.69) is 259 Å². The molecule has 0 amide bonds. The molecule has 2 aromatic heterocycles. The average Bonchev–Trinajstić information content (AvgIpc) is 1.92. The highest BCUT2D eigenvalue weighted by atomic mass is 79.9. The topological polar surface area (TPSA) is 66.7 Å². The second kappa shape index (κ2) is 24.8. The summed E-state index contributed by atoms with van der Waals surface area (Å²) in [4.78, 5) is 0. The molecular formula is C86H60BBrO4. The number of furan rings is 2. The highest BCUT2D eigenvalue weighted by Crippen LogP contribution is 2.45. The van der Waals surface area contributed by atoms with Gasteiger partial charge in [-0.1, -0.05) is 291 Å². The van der Waals surface area contributed by atoms with Gasteiger partial charge in [-0.2, -0.15) is 0 Å². The van der Waals surface area contributed by atoms with E-state index in [9.17, 15) is 10.0 Å². The molecule has 18 aromatic rings. The normalized spacial score (nSPS) is 11.3. The Kier molecular flexibility index (Phi) is 15.5. The number of benzene rings is 16. The fourth-order valence-corrected chi connectivity index (χ4v) is 14.0. The zero-order valence-electron chi connectivity index (χ0n) is 50.7. The zero-order valence-corrected chi connectivity index (χ0v) is 52.3. The zero-order chi connectivity index (χ0) is 62.2. The van der Waals surface area contributed by atoms with Gasteiger partial charge in [-0.15, -0.1) is 0 Å². The lowest BCUT2D eigenvalue weighted by Gasteiger charge is -2.18. The van der Waals surface area contributed by atoms with Crippen molar-refractivity contribution < 1.29 is 18.9 Å². The van der Waals surface area contributed by atoms with Crippen LogP contribution < -0.4 is 5.46 Å². The molecule has 0 aliphatic carbocycles. The van der Waals surface area contributed by atoms with Gasteiger partial charge in [0.2, 0.25) is 0 Å². The molecule has 0 aliphatic heterocycles. The van der Waals surface area contributed by atoms with Crippen LogP contribution in [-0.2, 0) is 0 Å². The molecule has 4 nitrogen and oxygen atoms in total. The summed E-state index contributed by atoms with van der Waals surface area (Å²) in [5, 5.41) is 38.1. The first-order valence-electron chi connectivity index (χ1n) is 31.3. The molecule has 18 rings (SSSR count). The van der Waals surface area contributed by atoms with Crippen molar-refractivity contribution in [2.24, 2.45) is 0 Å². The summed E-state index contributed by atoms with van der Waals surface area (Å²) in [6.07, 6.45) is 0. The van der Waals surface area contributed by atoms with Crippen LogP contribution in [0.4, 0.5) is 0 Å². The minimum absolute atomic E-state index is 0.566. The molecule has 2 heterocycles. The van der Waals surface area contributed by atoms with E-state index in [1.807, 2.05) is 86.6 Å². The van der Waals surface area contributed by atoms with E-state index in [1.54, 1.807) is 0 Å². The molecule has 438 valence electrons. The Morgan fingerprint density at radius 2 is 0.576 bits per heavy atom. The maximum Gasteiger partial charge on any atom is 0.489 e. The van der Waals surface area contributed by atoms with E-state index in [0.29, 0.717) is 5.46 Å². The molecule has 0 unspecified atom stereocenters. The molecule has 0 saturated carbocycles. The number of hydrogen-bond acceptors (Lipinski definition) is 4. The first-order valence-corrected chi connectivity index (χ1v) is 32.1. The predicted octanol–water partition coefficient (Wildman–Crippen LogP) is 23.6. The molecule has 0 atom stereocenters. The number of hydrogen-bond donors (Lipinski definition) is 2. The summed E-state index contributed by atoms with van der Waals surface area (Å²) in [6.45, 7) is 4.00. The second-order valence-corrected chi connectivity index (χ2v) is 23.8. The van der Waals surface area contributed by atoms with Gasteiger partial charge >= 0.3 is 7.12 Å². The third kappa shape index (κ3) is 10.4. The predicted molar refractivity (Wildman–Crippen MR) is 395 cm³/mol. The van der Waals surface area contributed by atoms with Crippen LogP contribution in [0.5, 0.6) is 0 Å². The van der Waals surface area contributed by atoms with Gasteiger partial charge in [0.25, 0.3) is 0 Å². The van der Waals surface area contributed by atoms with Crippen LogP contribution in [-0.4, -0.2) is 17.2 Å². The Balaban J connectivity index is 0.000000122. The third-order valence-electron chi connectivity index (χ3n) is 17.7. The van der Waals surface area contributed by atoms with Gasteiger partial charge in [0.05, 0.1) is 0 Å². The smallest absolute Gasteiger partial charge is 0.455 e. The Morgan fingerprint density at radius 1 is 0.250 bits per heavy atom. The van der Waals surface area contributed by atoms with Gasteiger partial charge < -0.3 is 18.9 Å². The van der Waals surface area contributed by atoms with Crippen LogP contribution in [0.1, 0.15) is 13.8 Å². The SMILES string of the molecule is Brc1cccc(-c2ccc3oc4c5ccccc5ccc4c3c2)c1.CC.OB(O)c1c2ccccc2c(-c2ccccc2)c2ccccc12.c1ccc(-c2c3ccccc3c(-c3cccc(-c4ccc5oc6c7ccccc7ccc6c5c4)c3)c3ccccc23)cc1. The quantitative estimate of drug-likeness (QED) is 0.129. The first-order chi connectivity index (χ1) is 45.4. The lowest BCUT2D eigenvalue weighted by atomic mass is 9.72. The summed E-state index contributed by atoms with van der Waals surface area (Å²) in [6, 6.07) is 110. The summed E-state index contributed by atoms with van der Waals surface area (Å²) in [7, 11) is -1.50. The van der Waals surface area contributed by atoms with Gasteiger partial charge in [0.15, 0.2) is 0 Å². The molecule has 0 aliphatic rings. The maximum absolute atomic E-state index is 9.94.